The van der Waals surface area contributed by atoms with E-state index in [4.69, 9.17) is 9.57 Å². The Morgan fingerprint density at radius 1 is 1.33 bits per heavy atom. The normalized spacial score (nSPS) is 12.4. The Morgan fingerprint density at radius 2 is 1.89 bits per heavy atom. The molecule has 1 amide bonds. The molecule has 102 valence electrons. The van der Waals surface area contributed by atoms with Gasteiger partial charge in [0.2, 0.25) is 0 Å². The molecule has 5 heteroatoms. The second kappa shape index (κ2) is 6.96. The zero-order chi connectivity index (χ0) is 14.3. The third kappa shape index (κ3) is 5.63. The van der Waals surface area contributed by atoms with Gasteiger partial charge in [0, 0.05) is 0 Å². The third-order valence-electron chi connectivity index (χ3n) is 1.82. The van der Waals surface area contributed by atoms with E-state index in [1.54, 1.807) is 20.8 Å². The van der Waals surface area contributed by atoms with Crippen molar-refractivity contribution in [3.05, 3.63) is 25.3 Å². The van der Waals surface area contributed by atoms with Gasteiger partial charge in [-0.3, -0.25) is 9.63 Å². The molecule has 0 aliphatic rings. The Bertz CT molecular complexity index is 330. The first-order valence-electron chi connectivity index (χ1n) is 5.65. The highest BCUT2D eigenvalue weighted by Gasteiger charge is 2.29. The van der Waals surface area contributed by atoms with Gasteiger partial charge in [-0.2, -0.15) is 0 Å². The van der Waals surface area contributed by atoms with Gasteiger partial charge in [0.1, 0.15) is 5.60 Å². The zero-order valence-electron chi connectivity index (χ0n) is 11.4. The summed E-state index contributed by atoms with van der Waals surface area (Å²) in [4.78, 5) is 28.5. The Balaban J connectivity index is 4.78. The summed E-state index contributed by atoms with van der Waals surface area (Å²) in [5.41, 5.74) is -0.618. The SMILES string of the molecule is C=CCON(C(=O)C=C)[C@H](C)C(=O)OC(C)(C)C. The first-order valence-corrected chi connectivity index (χ1v) is 5.65. The van der Waals surface area contributed by atoms with Gasteiger partial charge in [0.25, 0.3) is 5.91 Å². The molecule has 0 rings (SSSR count). The molecule has 0 aliphatic heterocycles. The largest absolute Gasteiger partial charge is 0.458 e. The molecular formula is C13H21NO4. The van der Waals surface area contributed by atoms with Crippen molar-refractivity contribution in [3.8, 4) is 0 Å². The molecule has 18 heavy (non-hydrogen) atoms. The van der Waals surface area contributed by atoms with Crippen molar-refractivity contribution in [2.75, 3.05) is 6.61 Å². The van der Waals surface area contributed by atoms with Crippen molar-refractivity contribution < 1.29 is 19.2 Å². The summed E-state index contributed by atoms with van der Waals surface area (Å²) in [6, 6.07) is -0.852. The van der Waals surface area contributed by atoms with E-state index < -0.39 is 23.5 Å². The van der Waals surface area contributed by atoms with Crippen LogP contribution in [0.1, 0.15) is 27.7 Å². The van der Waals surface area contributed by atoms with E-state index in [1.165, 1.54) is 13.0 Å². The zero-order valence-corrected chi connectivity index (χ0v) is 11.4. The van der Waals surface area contributed by atoms with Crippen molar-refractivity contribution >= 4 is 11.9 Å². The number of hydroxylamine groups is 2. The maximum Gasteiger partial charge on any atom is 0.331 e. The lowest BCUT2D eigenvalue weighted by Crippen LogP contribution is -2.45. The summed E-state index contributed by atoms with van der Waals surface area (Å²) >= 11 is 0. The molecule has 0 N–H and O–H groups in total. The van der Waals surface area contributed by atoms with Crippen LogP contribution < -0.4 is 0 Å². The smallest absolute Gasteiger partial charge is 0.331 e. The number of amides is 1. The molecule has 0 unspecified atom stereocenters. The van der Waals surface area contributed by atoms with Crippen LogP contribution in [0.15, 0.2) is 25.3 Å². The number of hydrogen-bond donors (Lipinski definition) is 0. The van der Waals surface area contributed by atoms with Crippen LogP contribution in [0.25, 0.3) is 0 Å². The lowest BCUT2D eigenvalue weighted by molar-refractivity contribution is -0.202. The van der Waals surface area contributed by atoms with Crippen molar-refractivity contribution in [3.63, 3.8) is 0 Å². The fraction of sp³-hybridized carbons (Fsp3) is 0.538. The van der Waals surface area contributed by atoms with Gasteiger partial charge in [-0.1, -0.05) is 12.7 Å². The van der Waals surface area contributed by atoms with Gasteiger partial charge in [-0.05, 0) is 33.8 Å². The van der Waals surface area contributed by atoms with Crippen LogP contribution in [-0.2, 0) is 19.2 Å². The number of nitrogens with zero attached hydrogens (tertiary/aromatic N) is 1. The number of carbonyl (C=O) groups is 2. The fourth-order valence-corrected chi connectivity index (χ4v) is 1.07. The van der Waals surface area contributed by atoms with Gasteiger partial charge >= 0.3 is 5.97 Å². The molecule has 0 radical (unpaired) electrons. The summed E-state index contributed by atoms with van der Waals surface area (Å²) in [6.45, 7) is 13.7. The van der Waals surface area contributed by atoms with Gasteiger partial charge in [0.15, 0.2) is 6.04 Å². The van der Waals surface area contributed by atoms with Crippen LogP contribution in [0.4, 0.5) is 0 Å². The predicted molar refractivity (Wildman–Crippen MR) is 68.5 cm³/mol. The summed E-state index contributed by atoms with van der Waals surface area (Å²) in [5.74, 6) is -1.04. The first kappa shape index (κ1) is 16.4. The molecule has 0 aromatic heterocycles. The molecule has 5 nitrogen and oxygen atoms in total. The molecular weight excluding hydrogens is 234 g/mol. The van der Waals surface area contributed by atoms with Gasteiger partial charge < -0.3 is 4.74 Å². The van der Waals surface area contributed by atoms with Crippen LogP contribution in [0.2, 0.25) is 0 Å². The predicted octanol–water partition coefficient (Wildman–Crippen LogP) is 1.85. The maximum atomic E-state index is 11.8. The Hall–Kier alpha value is -1.62. The van der Waals surface area contributed by atoms with Gasteiger partial charge in [-0.15, -0.1) is 6.58 Å². The van der Waals surface area contributed by atoms with E-state index in [9.17, 15) is 9.59 Å². The highest BCUT2D eigenvalue weighted by molar-refractivity contribution is 5.90. The number of hydrogen-bond acceptors (Lipinski definition) is 4. The van der Waals surface area contributed by atoms with Crippen molar-refractivity contribution in [1.82, 2.24) is 5.06 Å². The molecule has 0 aliphatic carbocycles. The van der Waals surface area contributed by atoms with Crippen LogP contribution in [0.5, 0.6) is 0 Å². The molecule has 0 spiro atoms. The summed E-state index contributed by atoms with van der Waals surface area (Å²) < 4.78 is 5.18. The number of ether oxygens (including phenoxy) is 1. The third-order valence-corrected chi connectivity index (χ3v) is 1.82. The molecule has 0 saturated heterocycles. The first-order chi connectivity index (χ1) is 8.22. The average Bonchev–Trinajstić information content (AvgIpc) is 2.26. The van der Waals surface area contributed by atoms with Crippen molar-refractivity contribution in [1.29, 1.82) is 0 Å². The molecule has 0 aromatic carbocycles. The quantitative estimate of drug-likeness (QED) is 0.314. The van der Waals surface area contributed by atoms with E-state index in [0.717, 1.165) is 11.1 Å². The van der Waals surface area contributed by atoms with Crippen LogP contribution in [0, 0.1) is 0 Å². The van der Waals surface area contributed by atoms with Gasteiger partial charge in [-0.25, -0.2) is 9.86 Å². The monoisotopic (exact) mass is 255 g/mol. The van der Waals surface area contributed by atoms with E-state index in [0.29, 0.717) is 0 Å². The van der Waals surface area contributed by atoms with Crippen molar-refractivity contribution in [2.24, 2.45) is 0 Å². The van der Waals surface area contributed by atoms with E-state index in [-0.39, 0.29) is 6.61 Å². The molecule has 0 aromatic rings. The summed E-state index contributed by atoms with van der Waals surface area (Å²) in [5, 5.41) is 0.933. The second-order valence-corrected chi connectivity index (χ2v) is 4.66. The number of rotatable bonds is 6. The van der Waals surface area contributed by atoms with Crippen LogP contribution in [0.3, 0.4) is 0 Å². The Kier molecular flexibility index (Phi) is 6.33. The molecule has 0 bridgehead atoms. The molecule has 0 heterocycles. The van der Waals surface area contributed by atoms with Crippen molar-refractivity contribution in [2.45, 2.75) is 39.3 Å². The molecule has 0 saturated carbocycles. The van der Waals surface area contributed by atoms with E-state index >= 15 is 0 Å². The highest BCUT2D eigenvalue weighted by atomic mass is 16.7. The van der Waals surface area contributed by atoms with Crippen LogP contribution >= 0.6 is 0 Å². The Morgan fingerprint density at radius 3 is 2.28 bits per heavy atom. The lowest BCUT2D eigenvalue weighted by Gasteiger charge is -2.28. The minimum atomic E-state index is -0.852. The van der Waals surface area contributed by atoms with E-state index in [2.05, 4.69) is 13.2 Å². The van der Waals surface area contributed by atoms with E-state index in [1.807, 2.05) is 0 Å². The number of carbonyl (C=O) groups excluding carboxylic acids is 2. The highest BCUT2D eigenvalue weighted by Crippen LogP contribution is 2.12. The number of esters is 1. The topological polar surface area (TPSA) is 55.8 Å². The summed E-state index contributed by atoms with van der Waals surface area (Å²) in [6.07, 6.45) is 2.55. The average molecular weight is 255 g/mol. The fourth-order valence-electron chi connectivity index (χ4n) is 1.07. The molecule has 1 atom stereocenters. The van der Waals surface area contributed by atoms with Crippen LogP contribution in [-0.4, -0.2) is 35.2 Å². The lowest BCUT2D eigenvalue weighted by atomic mass is 10.2. The minimum absolute atomic E-state index is 0.118. The standard InChI is InChI=1S/C13H21NO4/c1-7-9-17-14(11(15)8-2)10(3)12(16)18-13(4,5)6/h7-8,10H,1-2,9H2,3-6H3/t10-/m1/s1. The second-order valence-electron chi connectivity index (χ2n) is 4.66. The Labute approximate surface area is 108 Å². The van der Waals surface area contributed by atoms with Gasteiger partial charge in [0.05, 0.1) is 6.61 Å². The summed E-state index contributed by atoms with van der Waals surface area (Å²) in [7, 11) is 0. The minimum Gasteiger partial charge on any atom is -0.458 e. The maximum absolute atomic E-state index is 11.8. The molecule has 0 fully saturated rings.